The van der Waals surface area contributed by atoms with Gasteiger partial charge in [-0.05, 0) is 24.3 Å². The number of hydrogen-bond acceptors (Lipinski definition) is 2. The second-order valence-corrected chi connectivity index (χ2v) is 2.94. The van der Waals surface area contributed by atoms with Crippen molar-refractivity contribution in [2.75, 3.05) is 5.32 Å². The molecule has 0 aliphatic rings. The fourth-order valence-corrected chi connectivity index (χ4v) is 1.00. The molecule has 5 nitrogen and oxygen atoms in total. The molecule has 0 heterocycles. The maximum absolute atomic E-state index is 10.5. The van der Waals surface area contributed by atoms with Gasteiger partial charge in [-0.1, -0.05) is 11.8 Å². The Labute approximate surface area is 92.3 Å². The predicted octanol–water partition coefficient (Wildman–Crippen LogP) is 1.00. The summed E-state index contributed by atoms with van der Waals surface area (Å²) in [4.78, 5) is 20.7. The average Bonchev–Trinajstić information content (AvgIpc) is 2.19. The van der Waals surface area contributed by atoms with E-state index in [4.69, 9.17) is 10.8 Å². The molecule has 0 bridgehead atoms. The van der Waals surface area contributed by atoms with E-state index in [0.717, 1.165) is 0 Å². The topological polar surface area (TPSA) is 92.4 Å². The van der Waals surface area contributed by atoms with E-state index in [1.54, 1.807) is 24.3 Å². The molecule has 0 fully saturated rings. The van der Waals surface area contributed by atoms with Crippen molar-refractivity contribution in [3.63, 3.8) is 0 Å². The molecule has 16 heavy (non-hydrogen) atoms. The minimum atomic E-state index is -0.959. The number of carbonyl (C=O) groups excluding carboxylic acids is 1. The molecule has 0 aliphatic heterocycles. The van der Waals surface area contributed by atoms with Crippen molar-refractivity contribution in [1.29, 1.82) is 0 Å². The van der Waals surface area contributed by atoms with Crippen LogP contribution in [0.5, 0.6) is 0 Å². The molecule has 2 amide bonds. The fraction of sp³-hybridized carbons (Fsp3) is 0.0909. The molecule has 0 spiro atoms. The number of nitrogens with two attached hydrogens (primary N) is 1. The standard InChI is InChI=1S/C11H10N2O3/c12-11(16)13-9-6-4-8(5-7-9)2-1-3-10(14)15/h4-7H,3H2,(H,14,15)(H3,12,13,16). The van der Waals surface area contributed by atoms with Gasteiger partial charge >= 0.3 is 12.0 Å². The zero-order chi connectivity index (χ0) is 12.0. The van der Waals surface area contributed by atoms with Gasteiger partial charge in [0, 0.05) is 11.3 Å². The van der Waals surface area contributed by atoms with Gasteiger partial charge in [-0.15, -0.1) is 0 Å². The number of primary amides is 1. The van der Waals surface area contributed by atoms with Crippen molar-refractivity contribution in [1.82, 2.24) is 0 Å². The number of carboxylic acid groups (broad SMARTS) is 1. The van der Waals surface area contributed by atoms with Gasteiger partial charge in [0.25, 0.3) is 0 Å². The predicted molar refractivity (Wildman–Crippen MR) is 58.8 cm³/mol. The summed E-state index contributed by atoms with van der Waals surface area (Å²) < 4.78 is 0. The maximum atomic E-state index is 10.5. The highest BCUT2D eigenvalue weighted by Gasteiger charge is 1.95. The Balaban J connectivity index is 2.66. The molecule has 1 aromatic rings. The smallest absolute Gasteiger partial charge is 0.316 e. The van der Waals surface area contributed by atoms with Crippen LogP contribution in [0, 0.1) is 11.8 Å². The zero-order valence-electron chi connectivity index (χ0n) is 8.36. The van der Waals surface area contributed by atoms with Crippen molar-refractivity contribution in [2.24, 2.45) is 5.73 Å². The number of hydrogen-bond donors (Lipinski definition) is 3. The molecule has 1 rings (SSSR count). The van der Waals surface area contributed by atoms with E-state index in [9.17, 15) is 9.59 Å². The average molecular weight is 218 g/mol. The summed E-state index contributed by atoms with van der Waals surface area (Å²) >= 11 is 0. The SMILES string of the molecule is NC(=O)Nc1ccc(C#CCC(=O)O)cc1. The maximum Gasteiger partial charge on any atom is 0.316 e. The Morgan fingerprint density at radius 3 is 2.44 bits per heavy atom. The minimum Gasteiger partial charge on any atom is -0.481 e. The van der Waals surface area contributed by atoms with Gasteiger partial charge in [-0.25, -0.2) is 4.79 Å². The molecule has 4 N–H and O–H groups in total. The van der Waals surface area contributed by atoms with Crippen LogP contribution in [0.1, 0.15) is 12.0 Å². The first kappa shape index (κ1) is 11.6. The van der Waals surface area contributed by atoms with E-state index in [1.807, 2.05) is 0 Å². The van der Waals surface area contributed by atoms with E-state index >= 15 is 0 Å². The van der Waals surface area contributed by atoms with Crippen LogP contribution in [0.25, 0.3) is 0 Å². The second kappa shape index (κ2) is 5.41. The van der Waals surface area contributed by atoms with E-state index < -0.39 is 12.0 Å². The minimum absolute atomic E-state index is 0.193. The highest BCUT2D eigenvalue weighted by atomic mass is 16.4. The molecule has 82 valence electrons. The Kier molecular flexibility index (Phi) is 3.92. The van der Waals surface area contributed by atoms with Crippen LogP contribution in [0.3, 0.4) is 0 Å². The first-order valence-electron chi connectivity index (χ1n) is 4.45. The molecule has 0 radical (unpaired) electrons. The summed E-state index contributed by atoms with van der Waals surface area (Å²) in [6.45, 7) is 0. The number of urea groups is 1. The van der Waals surface area contributed by atoms with Gasteiger partial charge in [0.2, 0.25) is 0 Å². The number of benzene rings is 1. The van der Waals surface area contributed by atoms with Gasteiger partial charge < -0.3 is 16.2 Å². The molecule has 0 aliphatic carbocycles. The molecule has 1 aromatic carbocycles. The lowest BCUT2D eigenvalue weighted by Crippen LogP contribution is -2.19. The van der Waals surface area contributed by atoms with Crippen molar-refractivity contribution < 1.29 is 14.7 Å². The summed E-state index contributed by atoms with van der Waals surface area (Å²) in [6, 6.07) is 5.97. The van der Waals surface area contributed by atoms with Crippen molar-refractivity contribution in [2.45, 2.75) is 6.42 Å². The molecular formula is C11H10N2O3. The summed E-state index contributed by atoms with van der Waals surface area (Å²) in [5, 5.41) is 10.8. The van der Waals surface area contributed by atoms with Crippen LogP contribution < -0.4 is 11.1 Å². The van der Waals surface area contributed by atoms with E-state index in [1.165, 1.54) is 0 Å². The Morgan fingerprint density at radius 1 is 1.31 bits per heavy atom. The molecule has 0 aromatic heterocycles. The number of rotatable bonds is 2. The number of anilines is 1. The largest absolute Gasteiger partial charge is 0.481 e. The van der Waals surface area contributed by atoms with Crippen LogP contribution in [-0.4, -0.2) is 17.1 Å². The Bertz CT molecular complexity index is 454. The van der Waals surface area contributed by atoms with Crippen molar-refractivity contribution >= 4 is 17.7 Å². The van der Waals surface area contributed by atoms with E-state index in [0.29, 0.717) is 11.3 Å². The first-order valence-corrected chi connectivity index (χ1v) is 4.45. The lowest BCUT2D eigenvalue weighted by atomic mass is 10.2. The third-order valence-corrected chi connectivity index (χ3v) is 1.62. The second-order valence-electron chi connectivity index (χ2n) is 2.94. The van der Waals surface area contributed by atoms with E-state index in [-0.39, 0.29) is 6.42 Å². The highest BCUT2D eigenvalue weighted by molar-refractivity contribution is 5.87. The molecule has 0 saturated carbocycles. The van der Waals surface area contributed by atoms with Crippen molar-refractivity contribution in [3.05, 3.63) is 29.8 Å². The lowest BCUT2D eigenvalue weighted by Gasteiger charge is -2.00. The quantitative estimate of drug-likeness (QED) is 0.646. The number of aliphatic carboxylic acids is 1. The van der Waals surface area contributed by atoms with Gasteiger partial charge in [0.05, 0.1) is 0 Å². The van der Waals surface area contributed by atoms with Crippen LogP contribution in [0.2, 0.25) is 0 Å². The fourth-order valence-electron chi connectivity index (χ4n) is 1.00. The van der Waals surface area contributed by atoms with E-state index in [2.05, 4.69) is 17.2 Å². The number of carbonyl (C=O) groups is 2. The summed E-state index contributed by atoms with van der Waals surface area (Å²) in [5.74, 6) is 4.22. The molecule has 5 heteroatoms. The molecule has 0 saturated heterocycles. The van der Waals surface area contributed by atoms with Gasteiger partial charge in [-0.3, -0.25) is 4.79 Å². The Morgan fingerprint density at radius 2 is 1.94 bits per heavy atom. The molecular weight excluding hydrogens is 208 g/mol. The zero-order valence-corrected chi connectivity index (χ0v) is 8.36. The summed E-state index contributed by atoms with van der Waals surface area (Å²) in [5.41, 5.74) is 6.18. The Hall–Kier alpha value is -2.48. The van der Waals surface area contributed by atoms with Crippen LogP contribution in [0.15, 0.2) is 24.3 Å². The van der Waals surface area contributed by atoms with Gasteiger partial charge in [-0.2, -0.15) is 0 Å². The third-order valence-electron chi connectivity index (χ3n) is 1.62. The number of carboxylic acids is 1. The number of amides is 2. The first-order chi connectivity index (χ1) is 7.58. The third kappa shape index (κ3) is 4.15. The highest BCUT2D eigenvalue weighted by Crippen LogP contribution is 2.08. The number of nitrogens with one attached hydrogen (secondary N) is 1. The monoisotopic (exact) mass is 218 g/mol. The summed E-state index contributed by atoms with van der Waals surface area (Å²) in [7, 11) is 0. The normalized spacial score (nSPS) is 8.75. The molecule has 0 atom stereocenters. The van der Waals surface area contributed by atoms with Crippen LogP contribution >= 0.6 is 0 Å². The van der Waals surface area contributed by atoms with Gasteiger partial charge in [0.1, 0.15) is 6.42 Å². The molecule has 0 unspecified atom stereocenters. The van der Waals surface area contributed by atoms with Crippen LogP contribution in [-0.2, 0) is 4.79 Å². The van der Waals surface area contributed by atoms with Crippen molar-refractivity contribution in [3.8, 4) is 11.8 Å². The summed E-state index contributed by atoms with van der Waals surface area (Å²) in [6.07, 6.45) is -0.193. The van der Waals surface area contributed by atoms with Crippen LogP contribution in [0.4, 0.5) is 10.5 Å². The lowest BCUT2D eigenvalue weighted by molar-refractivity contribution is -0.135. The van der Waals surface area contributed by atoms with Gasteiger partial charge in [0.15, 0.2) is 0 Å².